The van der Waals surface area contributed by atoms with Gasteiger partial charge in [-0.15, -0.1) is 0 Å². The van der Waals surface area contributed by atoms with Gasteiger partial charge in [0.25, 0.3) is 0 Å². The molecule has 2 aromatic rings. The summed E-state index contributed by atoms with van der Waals surface area (Å²) in [6, 6.07) is 4.97. The largest absolute Gasteiger partial charge is 0.416 e. The predicted octanol–water partition coefficient (Wildman–Crippen LogP) is 3.16. The zero-order chi connectivity index (χ0) is 13.3. The first-order chi connectivity index (χ1) is 8.41. The highest BCUT2D eigenvalue weighted by atomic mass is 19.4. The van der Waals surface area contributed by atoms with Crippen LogP contribution in [0.15, 0.2) is 24.3 Å². The third-order valence-electron chi connectivity index (χ3n) is 2.62. The molecule has 96 valence electrons. The third kappa shape index (κ3) is 2.37. The maximum Gasteiger partial charge on any atom is 0.416 e. The Morgan fingerprint density at radius 2 is 1.94 bits per heavy atom. The highest BCUT2D eigenvalue weighted by Crippen LogP contribution is 2.30. The molecule has 1 heterocycles. The van der Waals surface area contributed by atoms with Crippen LogP contribution in [0.4, 0.5) is 13.2 Å². The van der Waals surface area contributed by atoms with Crippen LogP contribution in [0.5, 0.6) is 0 Å². The molecule has 0 aliphatic rings. The second-order valence-corrected chi connectivity index (χ2v) is 3.92. The van der Waals surface area contributed by atoms with Gasteiger partial charge in [0.2, 0.25) is 0 Å². The van der Waals surface area contributed by atoms with Crippen molar-refractivity contribution in [1.29, 1.82) is 0 Å². The molecule has 0 unspecified atom stereocenters. The molecule has 2 rings (SSSR count). The zero-order valence-electron chi connectivity index (χ0n) is 9.99. The topological polar surface area (TPSA) is 30.7 Å². The molecule has 1 aromatic carbocycles. The molecule has 0 N–H and O–H groups in total. The Morgan fingerprint density at radius 1 is 1.22 bits per heavy atom. The van der Waals surface area contributed by atoms with E-state index in [-0.39, 0.29) is 0 Å². The number of alkyl halides is 3. The summed E-state index contributed by atoms with van der Waals surface area (Å²) < 4.78 is 37.8. The van der Waals surface area contributed by atoms with Gasteiger partial charge < -0.3 is 0 Å². The van der Waals surface area contributed by atoms with Gasteiger partial charge in [0.15, 0.2) is 0 Å². The molecule has 18 heavy (non-hydrogen) atoms. The van der Waals surface area contributed by atoms with Crippen molar-refractivity contribution in [3.8, 4) is 5.69 Å². The molecule has 0 bridgehead atoms. The van der Waals surface area contributed by atoms with E-state index in [0.717, 1.165) is 23.5 Å². The van der Waals surface area contributed by atoms with E-state index >= 15 is 0 Å². The summed E-state index contributed by atoms with van der Waals surface area (Å²) >= 11 is 0. The Kier molecular flexibility index (Phi) is 3.11. The van der Waals surface area contributed by atoms with Crippen molar-refractivity contribution < 1.29 is 13.2 Å². The highest BCUT2D eigenvalue weighted by Gasteiger charge is 2.30. The number of nitrogens with zero attached hydrogens (tertiary/aromatic N) is 3. The lowest BCUT2D eigenvalue weighted by Crippen LogP contribution is -2.07. The summed E-state index contributed by atoms with van der Waals surface area (Å²) in [4.78, 5) is 1.24. The molecule has 0 amide bonds. The number of aryl methyl sites for hydroxylation is 2. The fourth-order valence-electron chi connectivity index (χ4n) is 1.66. The lowest BCUT2D eigenvalue weighted by atomic mass is 10.2. The first kappa shape index (κ1) is 12.6. The van der Waals surface area contributed by atoms with Crippen molar-refractivity contribution in [3.05, 3.63) is 41.2 Å². The molecule has 0 aliphatic carbocycles. The van der Waals surface area contributed by atoms with E-state index in [1.807, 2.05) is 6.92 Å². The number of hydrogen-bond donors (Lipinski definition) is 0. The van der Waals surface area contributed by atoms with E-state index in [9.17, 15) is 13.2 Å². The molecular formula is C12H12F3N3. The fraction of sp³-hybridized carbons (Fsp3) is 0.333. The molecule has 1 aromatic heterocycles. The van der Waals surface area contributed by atoms with Gasteiger partial charge in [-0.05, 0) is 31.5 Å². The summed E-state index contributed by atoms with van der Waals surface area (Å²) in [5, 5.41) is 8.27. The molecule has 0 fully saturated rings. The van der Waals surface area contributed by atoms with Crippen LogP contribution in [0.1, 0.15) is 23.9 Å². The Balaban J connectivity index is 2.44. The van der Waals surface area contributed by atoms with Crippen LogP contribution in [0.25, 0.3) is 5.69 Å². The number of halogens is 3. The number of hydrogen-bond acceptors (Lipinski definition) is 2. The molecule has 6 heteroatoms. The van der Waals surface area contributed by atoms with Crippen LogP contribution in [-0.2, 0) is 12.6 Å². The van der Waals surface area contributed by atoms with Gasteiger partial charge in [-0.25, -0.2) is 0 Å². The minimum absolute atomic E-state index is 0.313. The van der Waals surface area contributed by atoms with E-state index in [0.29, 0.717) is 12.1 Å². The summed E-state index contributed by atoms with van der Waals surface area (Å²) in [6.45, 7) is 3.71. The molecule has 0 radical (unpaired) electrons. The van der Waals surface area contributed by atoms with Crippen LogP contribution in [0, 0.1) is 6.92 Å². The predicted molar refractivity (Wildman–Crippen MR) is 60.5 cm³/mol. The fourth-order valence-corrected chi connectivity index (χ4v) is 1.66. The molecule has 0 saturated carbocycles. The summed E-state index contributed by atoms with van der Waals surface area (Å²) in [5.74, 6) is 0. The maximum atomic E-state index is 12.6. The molecule has 0 saturated heterocycles. The Bertz CT molecular complexity index is 558. The molecule has 3 nitrogen and oxygen atoms in total. The second kappa shape index (κ2) is 4.44. The average molecular weight is 255 g/mol. The van der Waals surface area contributed by atoms with Gasteiger partial charge in [0.1, 0.15) is 0 Å². The lowest BCUT2D eigenvalue weighted by molar-refractivity contribution is -0.137. The van der Waals surface area contributed by atoms with Crippen molar-refractivity contribution in [2.75, 3.05) is 0 Å². The average Bonchev–Trinajstić information content (AvgIpc) is 2.70. The minimum atomic E-state index is -4.36. The van der Waals surface area contributed by atoms with E-state index in [1.165, 1.54) is 10.9 Å². The van der Waals surface area contributed by atoms with Crippen molar-refractivity contribution in [2.45, 2.75) is 26.4 Å². The molecule has 0 spiro atoms. The van der Waals surface area contributed by atoms with Crippen LogP contribution >= 0.6 is 0 Å². The monoisotopic (exact) mass is 255 g/mol. The SMILES string of the molecule is CCc1nn(-c2cccc(C(F)(F)F)c2)nc1C. The smallest absolute Gasteiger partial charge is 0.166 e. The number of rotatable bonds is 2. The Hall–Kier alpha value is -1.85. The van der Waals surface area contributed by atoms with Gasteiger partial charge >= 0.3 is 6.18 Å². The standard InChI is InChI=1S/C12H12F3N3/c1-3-11-8(2)16-18(17-11)10-6-4-5-9(7-10)12(13,14)15/h4-7H,3H2,1-2H3. The summed E-state index contributed by atoms with van der Waals surface area (Å²) in [5.41, 5.74) is 1.13. The minimum Gasteiger partial charge on any atom is -0.166 e. The molecule has 0 aliphatic heterocycles. The molecular weight excluding hydrogens is 243 g/mol. The first-order valence-corrected chi connectivity index (χ1v) is 5.52. The van der Waals surface area contributed by atoms with Crippen molar-refractivity contribution in [3.63, 3.8) is 0 Å². The van der Waals surface area contributed by atoms with E-state index in [4.69, 9.17) is 0 Å². The second-order valence-electron chi connectivity index (χ2n) is 3.92. The van der Waals surface area contributed by atoms with Crippen LogP contribution < -0.4 is 0 Å². The quantitative estimate of drug-likeness (QED) is 0.825. The van der Waals surface area contributed by atoms with E-state index in [2.05, 4.69) is 10.2 Å². The van der Waals surface area contributed by atoms with Crippen LogP contribution in [0.2, 0.25) is 0 Å². The van der Waals surface area contributed by atoms with Gasteiger partial charge in [-0.3, -0.25) is 0 Å². The van der Waals surface area contributed by atoms with Crippen molar-refractivity contribution in [2.24, 2.45) is 0 Å². The van der Waals surface area contributed by atoms with Crippen molar-refractivity contribution >= 4 is 0 Å². The zero-order valence-corrected chi connectivity index (χ0v) is 9.99. The first-order valence-electron chi connectivity index (χ1n) is 5.52. The Labute approximate surface area is 102 Å². The van der Waals surface area contributed by atoms with Gasteiger partial charge in [-0.1, -0.05) is 13.0 Å². The van der Waals surface area contributed by atoms with Crippen LogP contribution in [0.3, 0.4) is 0 Å². The van der Waals surface area contributed by atoms with E-state index in [1.54, 1.807) is 13.0 Å². The normalized spacial score (nSPS) is 11.8. The number of aromatic nitrogens is 3. The third-order valence-corrected chi connectivity index (χ3v) is 2.62. The van der Waals surface area contributed by atoms with Crippen LogP contribution in [-0.4, -0.2) is 15.0 Å². The summed E-state index contributed by atoms with van der Waals surface area (Å²) in [7, 11) is 0. The Morgan fingerprint density at radius 3 is 2.50 bits per heavy atom. The van der Waals surface area contributed by atoms with E-state index < -0.39 is 11.7 Å². The van der Waals surface area contributed by atoms with Gasteiger partial charge in [-0.2, -0.15) is 28.2 Å². The van der Waals surface area contributed by atoms with Gasteiger partial charge in [0, 0.05) is 0 Å². The van der Waals surface area contributed by atoms with Crippen molar-refractivity contribution in [1.82, 2.24) is 15.0 Å². The number of benzene rings is 1. The maximum absolute atomic E-state index is 12.6. The van der Waals surface area contributed by atoms with Gasteiger partial charge in [0.05, 0.1) is 22.6 Å². The molecule has 0 atom stereocenters. The lowest BCUT2D eigenvalue weighted by Gasteiger charge is -2.07. The summed E-state index contributed by atoms with van der Waals surface area (Å²) in [6.07, 6.45) is -3.66. The highest BCUT2D eigenvalue weighted by molar-refractivity contribution is 5.35.